The van der Waals surface area contributed by atoms with Gasteiger partial charge < -0.3 is 5.32 Å². The summed E-state index contributed by atoms with van der Waals surface area (Å²) in [5, 5.41) is 3.28. The first kappa shape index (κ1) is 16.3. The molecule has 1 heterocycles. The Balaban J connectivity index is 2.35. The zero-order valence-corrected chi connectivity index (χ0v) is 13.8. The number of benzene rings is 1. The molecule has 0 aliphatic carbocycles. The third-order valence-corrected chi connectivity index (χ3v) is 5.24. The van der Waals surface area contributed by atoms with Crippen molar-refractivity contribution in [3.8, 4) is 0 Å². The van der Waals surface area contributed by atoms with Crippen LogP contribution in [0.5, 0.6) is 0 Å². The van der Waals surface area contributed by atoms with Crippen LogP contribution in [0.15, 0.2) is 24.3 Å². The van der Waals surface area contributed by atoms with Crippen molar-refractivity contribution in [3.05, 3.63) is 29.8 Å². The fourth-order valence-corrected chi connectivity index (χ4v) is 4.12. The summed E-state index contributed by atoms with van der Waals surface area (Å²) in [7, 11) is -1.57. The fourth-order valence-electron chi connectivity index (χ4n) is 2.62. The summed E-state index contributed by atoms with van der Waals surface area (Å²) >= 11 is 0. The van der Waals surface area contributed by atoms with E-state index in [4.69, 9.17) is 0 Å². The van der Waals surface area contributed by atoms with E-state index in [0.717, 1.165) is 24.1 Å². The topological polar surface area (TPSA) is 61.4 Å². The zero-order chi connectivity index (χ0) is 15.5. The molecular weight excluding hydrogens is 286 g/mol. The molecule has 0 saturated heterocycles. The molecule has 21 heavy (non-hydrogen) atoms. The van der Waals surface area contributed by atoms with Gasteiger partial charge in [0.2, 0.25) is 0 Å². The van der Waals surface area contributed by atoms with Gasteiger partial charge in [0.05, 0.1) is 5.69 Å². The molecule has 1 aromatic rings. The van der Waals surface area contributed by atoms with E-state index in [9.17, 15) is 8.42 Å². The van der Waals surface area contributed by atoms with Crippen molar-refractivity contribution in [1.82, 2.24) is 10.0 Å². The molecule has 0 amide bonds. The molecule has 1 aliphatic rings. The van der Waals surface area contributed by atoms with Crippen LogP contribution in [0.1, 0.15) is 38.3 Å². The number of anilines is 1. The maximum atomic E-state index is 12.6. The third kappa shape index (κ3) is 3.75. The molecule has 118 valence electrons. The molecule has 6 heteroatoms. The molecule has 1 aromatic carbocycles. The Morgan fingerprint density at radius 1 is 1.33 bits per heavy atom. The average Bonchev–Trinajstić information content (AvgIpc) is 2.65. The predicted molar refractivity (Wildman–Crippen MR) is 86.6 cm³/mol. The molecule has 2 rings (SSSR count). The van der Waals surface area contributed by atoms with Gasteiger partial charge in [0.25, 0.3) is 0 Å². The van der Waals surface area contributed by atoms with Crippen LogP contribution in [0.25, 0.3) is 0 Å². The number of fused-ring (bicyclic) bond motifs is 1. The van der Waals surface area contributed by atoms with Crippen LogP contribution < -0.4 is 14.3 Å². The number of para-hydroxylation sites is 1. The number of nitrogens with one attached hydrogen (secondary N) is 2. The highest BCUT2D eigenvalue weighted by Crippen LogP contribution is 2.33. The summed E-state index contributed by atoms with van der Waals surface area (Å²) in [4.78, 5) is 0. The molecule has 0 aromatic heterocycles. The highest BCUT2D eigenvalue weighted by atomic mass is 32.2. The van der Waals surface area contributed by atoms with E-state index in [-0.39, 0.29) is 12.0 Å². The van der Waals surface area contributed by atoms with E-state index in [0.29, 0.717) is 13.1 Å². The van der Waals surface area contributed by atoms with Crippen LogP contribution in [0.3, 0.4) is 0 Å². The number of nitrogens with zero attached hydrogens (tertiary/aromatic N) is 1. The average molecular weight is 311 g/mol. The molecule has 1 aliphatic heterocycles. The van der Waals surface area contributed by atoms with Gasteiger partial charge in [-0.15, -0.1) is 0 Å². The summed E-state index contributed by atoms with van der Waals surface area (Å²) in [5.41, 5.74) is 1.83. The highest BCUT2D eigenvalue weighted by molar-refractivity contribution is 7.90. The van der Waals surface area contributed by atoms with Gasteiger partial charge in [-0.05, 0) is 37.4 Å². The lowest BCUT2D eigenvalue weighted by Crippen LogP contribution is -2.42. The first-order valence-electron chi connectivity index (χ1n) is 7.49. The Morgan fingerprint density at radius 3 is 2.71 bits per heavy atom. The normalized spacial score (nSPS) is 19.4. The van der Waals surface area contributed by atoms with Gasteiger partial charge in [-0.3, -0.25) is 4.31 Å². The Bertz CT molecular complexity index is 572. The van der Waals surface area contributed by atoms with Crippen molar-refractivity contribution in [2.45, 2.75) is 32.7 Å². The third-order valence-electron chi connectivity index (χ3n) is 3.75. The Hall–Kier alpha value is -1.11. The molecule has 0 saturated carbocycles. The summed E-state index contributed by atoms with van der Waals surface area (Å²) in [6.45, 7) is 4.96. The standard InChI is InChI=1S/C15H25N3O2S/c1-12(2)11-17-21(19,20)18-10-6-8-14(16-3)13-7-4-5-9-15(13)18/h4-5,7,9,12,14,16-17H,6,8,10-11H2,1-3H3. The summed E-state index contributed by atoms with van der Waals surface area (Å²) in [5.74, 6) is 0.284. The minimum absolute atomic E-state index is 0.200. The van der Waals surface area contributed by atoms with Crippen LogP contribution in [0.2, 0.25) is 0 Å². The fraction of sp³-hybridized carbons (Fsp3) is 0.600. The van der Waals surface area contributed by atoms with E-state index < -0.39 is 10.2 Å². The predicted octanol–water partition coefficient (Wildman–Crippen LogP) is 2.04. The van der Waals surface area contributed by atoms with Crippen molar-refractivity contribution >= 4 is 15.9 Å². The first-order valence-corrected chi connectivity index (χ1v) is 8.93. The number of rotatable bonds is 5. The molecule has 0 bridgehead atoms. The second-order valence-electron chi connectivity index (χ2n) is 5.86. The van der Waals surface area contributed by atoms with Gasteiger partial charge in [-0.2, -0.15) is 13.1 Å². The van der Waals surface area contributed by atoms with E-state index in [2.05, 4.69) is 10.0 Å². The van der Waals surface area contributed by atoms with Crippen LogP contribution in [-0.4, -0.2) is 28.6 Å². The van der Waals surface area contributed by atoms with Crippen molar-refractivity contribution in [3.63, 3.8) is 0 Å². The Morgan fingerprint density at radius 2 is 2.05 bits per heavy atom. The molecule has 5 nitrogen and oxygen atoms in total. The number of hydrogen-bond acceptors (Lipinski definition) is 3. The molecule has 0 radical (unpaired) electrons. The van der Waals surface area contributed by atoms with Gasteiger partial charge in [0, 0.05) is 19.1 Å². The summed E-state index contributed by atoms with van der Waals surface area (Å²) < 4.78 is 29.4. The van der Waals surface area contributed by atoms with Crippen LogP contribution >= 0.6 is 0 Å². The summed E-state index contributed by atoms with van der Waals surface area (Å²) in [6, 6.07) is 7.95. The smallest absolute Gasteiger partial charge is 0.301 e. The lowest BCUT2D eigenvalue weighted by molar-refractivity contribution is 0.539. The molecule has 1 atom stereocenters. The second kappa shape index (κ2) is 6.77. The zero-order valence-electron chi connectivity index (χ0n) is 13.0. The molecule has 0 fully saturated rings. The molecule has 0 spiro atoms. The largest absolute Gasteiger partial charge is 0.313 e. The van der Waals surface area contributed by atoms with Crippen molar-refractivity contribution in [2.24, 2.45) is 5.92 Å². The Labute approximate surface area is 127 Å². The quantitative estimate of drug-likeness (QED) is 0.875. The van der Waals surface area contributed by atoms with Crippen molar-refractivity contribution < 1.29 is 8.42 Å². The van der Waals surface area contributed by atoms with Gasteiger partial charge in [-0.25, -0.2) is 0 Å². The second-order valence-corrected chi connectivity index (χ2v) is 7.54. The highest BCUT2D eigenvalue weighted by Gasteiger charge is 2.29. The number of hydrogen-bond donors (Lipinski definition) is 2. The lowest BCUT2D eigenvalue weighted by Gasteiger charge is -2.25. The van der Waals surface area contributed by atoms with Crippen molar-refractivity contribution in [1.29, 1.82) is 0 Å². The molecule has 1 unspecified atom stereocenters. The van der Waals surface area contributed by atoms with Crippen LogP contribution in [0, 0.1) is 5.92 Å². The first-order chi connectivity index (χ1) is 9.95. The minimum atomic E-state index is -3.49. The van der Waals surface area contributed by atoms with E-state index in [1.165, 1.54) is 4.31 Å². The van der Waals surface area contributed by atoms with Gasteiger partial charge in [-0.1, -0.05) is 32.0 Å². The molecular formula is C15H25N3O2S. The maximum absolute atomic E-state index is 12.6. The summed E-state index contributed by atoms with van der Waals surface area (Å²) in [6.07, 6.45) is 1.77. The molecule has 2 N–H and O–H groups in total. The Kier molecular flexibility index (Phi) is 5.24. The van der Waals surface area contributed by atoms with E-state index in [1.807, 2.05) is 45.2 Å². The van der Waals surface area contributed by atoms with Gasteiger partial charge in [0.1, 0.15) is 0 Å². The van der Waals surface area contributed by atoms with Crippen molar-refractivity contribution in [2.75, 3.05) is 24.4 Å². The van der Waals surface area contributed by atoms with Crippen LogP contribution in [0.4, 0.5) is 5.69 Å². The SMILES string of the molecule is CNC1CCCN(S(=O)(=O)NCC(C)C)c2ccccc21. The monoisotopic (exact) mass is 311 g/mol. The lowest BCUT2D eigenvalue weighted by atomic mass is 10.0. The van der Waals surface area contributed by atoms with E-state index in [1.54, 1.807) is 0 Å². The minimum Gasteiger partial charge on any atom is -0.313 e. The van der Waals surface area contributed by atoms with Gasteiger partial charge >= 0.3 is 10.2 Å². The van der Waals surface area contributed by atoms with Crippen LogP contribution in [-0.2, 0) is 10.2 Å². The maximum Gasteiger partial charge on any atom is 0.301 e. The van der Waals surface area contributed by atoms with Gasteiger partial charge in [0.15, 0.2) is 0 Å². The van der Waals surface area contributed by atoms with E-state index >= 15 is 0 Å².